The number of aromatic hydroxyl groups is 4. The van der Waals surface area contributed by atoms with Crippen molar-refractivity contribution < 1.29 is 30.3 Å². The summed E-state index contributed by atoms with van der Waals surface area (Å²) in [5.41, 5.74) is 0.225. The fraction of sp³-hybridized carbons (Fsp3) is 0. The number of phenolic OH excluding ortho intramolecular Hbond substituents is 4. The van der Waals surface area contributed by atoms with Gasteiger partial charge in [-0.3, -0.25) is 4.79 Å². The van der Waals surface area contributed by atoms with Gasteiger partial charge < -0.3 is 25.5 Å². The number of carbonyl (C=O) groups excluding carboxylic acids is 1. The zero-order valence-corrected chi connectivity index (χ0v) is 11.8. The number of phenols is 4. The largest absolute Gasteiger partial charge is 0.508 e. The van der Waals surface area contributed by atoms with Crippen LogP contribution in [0.3, 0.4) is 0 Å². The maximum atomic E-state index is 11.8. The van der Waals surface area contributed by atoms with Crippen molar-refractivity contribution in [3.05, 3.63) is 59.7 Å². The molecule has 2 aromatic rings. The summed E-state index contributed by atoms with van der Waals surface area (Å²) in [6.07, 6.45) is 3.24. The molecule has 0 aliphatic carbocycles. The number of aliphatic hydroxyl groups is 1. The van der Waals surface area contributed by atoms with Crippen molar-refractivity contribution in [1.82, 2.24) is 0 Å². The fourth-order valence-electron chi connectivity index (χ4n) is 1.84. The first kappa shape index (κ1) is 16.0. The van der Waals surface area contributed by atoms with E-state index in [0.29, 0.717) is 0 Å². The van der Waals surface area contributed by atoms with Gasteiger partial charge in [0.2, 0.25) is 0 Å². The van der Waals surface area contributed by atoms with Crippen LogP contribution in [-0.2, 0) is 4.79 Å². The van der Waals surface area contributed by atoms with Crippen molar-refractivity contribution in [3.8, 4) is 23.0 Å². The van der Waals surface area contributed by atoms with Gasteiger partial charge in [-0.05, 0) is 42.5 Å². The van der Waals surface area contributed by atoms with Crippen LogP contribution in [0.2, 0.25) is 0 Å². The molecule has 0 spiro atoms. The molecule has 0 amide bonds. The Morgan fingerprint density at radius 2 is 1.52 bits per heavy atom. The Morgan fingerprint density at radius 1 is 0.870 bits per heavy atom. The van der Waals surface area contributed by atoms with Gasteiger partial charge in [0, 0.05) is 17.7 Å². The quantitative estimate of drug-likeness (QED) is 0.336. The van der Waals surface area contributed by atoms with Gasteiger partial charge in [-0.15, -0.1) is 0 Å². The molecule has 2 aromatic carbocycles. The summed E-state index contributed by atoms with van der Waals surface area (Å²) in [7, 11) is 0. The SMILES string of the molecule is O=C(/C=C(\O)c1ccc(O)cc1O)/C=C/c1cc(O)ccc1O. The number of aliphatic hydroxyl groups excluding tert-OH is 1. The fourth-order valence-corrected chi connectivity index (χ4v) is 1.84. The molecule has 5 N–H and O–H groups in total. The van der Waals surface area contributed by atoms with Gasteiger partial charge in [0.15, 0.2) is 5.78 Å². The van der Waals surface area contributed by atoms with Gasteiger partial charge in [-0.2, -0.15) is 0 Å². The first-order chi connectivity index (χ1) is 10.9. The van der Waals surface area contributed by atoms with Crippen LogP contribution in [0, 0.1) is 0 Å². The summed E-state index contributed by atoms with van der Waals surface area (Å²) in [4.78, 5) is 11.8. The van der Waals surface area contributed by atoms with Gasteiger partial charge >= 0.3 is 0 Å². The van der Waals surface area contributed by atoms with Crippen molar-refractivity contribution >= 4 is 17.6 Å². The van der Waals surface area contributed by atoms with E-state index in [1.807, 2.05) is 0 Å². The summed E-state index contributed by atoms with van der Waals surface area (Å²) < 4.78 is 0. The normalized spacial score (nSPS) is 11.7. The van der Waals surface area contributed by atoms with Crippen LogP contribution < -0.4 is 0 Å². The zero-order valence-electron chi connectivity index (χ0n) is 11.8. The molecule has 0 bridgehead atoms. The lowest BCUT2D eigenvalue weighted by Crippen LogP contribution is -1.91. The topological polar surface area (TPSA) is 118 Å². The van der Waals surface area contributed by atoms with Crippen LogP contribution in [0.25, 0.3) is 11.8 Å². The third-order valence-electron chi connectivity index (χ3n) is 2.97. The van der Waals surface area contributed by atoms with Crippen molar-refractivity contribution in [2.75, 3.05) is 0 Å². The zero-order chi connectivity index (χ0) is 17.0. The maximum Gasteiger partial charge on any atom is 0.182 e. The lowest BCUT2D eigenvalue weighted by atomic mass is 10.1. The maximum absolute atomic E-state index is 11.8. The lowest BCUT2D eigenvalue weighted by molar-refractivity contribution is -0.110. The Balaban J connectivity index is 2.20. The van der Waals surface area contributed by atoms with E-state index in [2.05, 4.69) is 0 Å². The third-order valence-corrected chi connectivity index (χ3v) is 2.97. The predicted molar refractivity (Wildman–Crippen MR) is 84.2 cm³/mol. The minimum atomic E-state index is -0.599. The highest BCUT2D eigenvalue weighted by Crippen LogP contribution is 2.27. The number of hydrogen-bond acceptors (Lipinski definition) is 6. The average Bonchev–Trinajstić information content (AvgIpc) is 2.48. The molecule has 0 atom stereocenters. The molecule has 2 rings (SSSR count). The second-order valence-electron chi connectivity index (χ2n) is 4.71. The summed E-state index contributed by atoms with van der Waals surface area (Å²) in [6.45, 7) is 0. The standard InChI is InChI=1S/C17H14O6/c18-11-4-6-15(21)10(7-11)1-2-12(19)8-16(22)14-5-3-13(20)9-17(14)23/h1-9,18,20-23H/b2-1+,16-8-. The Morgan fingerprint density at radius 3 is 2.22 bits per heavy atom. The second kappa shape index (κ2) is 6.57. The number of rotatable bonds is 4. The molecule has 0 aliphatic rings. The highest BCUT2D eigenvalue weighted by molar-refractivity contribution is 6.05. The van der Waals surface area contributed by atoms with E-state index >= 15 is 0 Å². The second-order valence-corrected chi connectivity index (χ2v) is 4.71. The number of hydrogen-bond donors (Lipinski definition) is 5. The van der Waals surface area contributed by atoms with Crippen LogP contribution in [-0.4, -0.2) is 31.3 Å². The van der Waals surface area contributed by atoms with Gasteiger partial charge in [-0.1, -0.05) is 0 Å². The molecule has 0 radical (unpaired) electrons. The average molecular weight is 314 g/mol. The molecule has 118 valence electrons. The monoisotopic (exact) mass is 314 g/mol. The summed E-state index contributed by atoms with van der Waals surface area (Å²) in [5.74, 6) is -1.81. The first-order valence-corrected chi connectivity index (χ1v) is 6.54. The molecule has 6 nitrogen and oxygen atoms in total. The molecule has 0 aliphatic heterocycles. The van der Waals surface area contributed by atoms with Gasteiger partial charge in [0.25, 0.3) is 0 Å². The summed E-state index contributed by atoms with van der Waals surface area (Å²) in [6, 6.07) is 7.40. The summed E-state index contributed by atoms with van der Waals surface area (Å²) in [5, 5.41) is 47.5. The molecule has 23 heavy (non-hydrogen) atoms. The summed E-state index contributed by atoms with van der Waals surface area (Å²) >= 11 is 0. The molecule has 0 heterocycles. The molecule has 0 saturated heterocycles. The predicted octanol–water partition coefficient (Wildman–Crippen LogP) is 2.69. The Hall–Kier alpha value is -3.41. The molecular weight excluding hydrogens is 300 g/mol. The molecule has 0 fully saturated rings. The van der Waals surface area contributed by atoms with E-state index in [9.17, 15) is 30.3 Å². The van der Waals surface area contributed by atoms with Crippen molar-refractivity contribution in [2.45, 2.75) is 0 Å². The van der Waals surface area contributed by atoms with E-state index in [1.165, 1.54) is 36.4 Å². The molecule has 0 saturated carbocycles. The van der Waals surface area contributed by atoms with E-state index in [1.54, 1.807) is 0 Å². The first-order valence-electron chi connectivity index (χ1n) is 6.54. The van der Waals surface area contributed by atoms with E-state index < -0.39 is 11.5 Å². The smallest absolute Gasteiger partial charge is 0.182 e. The van der Waals surface area contributed by atoms with Gasteiger partial charge in [0.1, 0.15) is 28.8 Å². The number of allylic oxidation sites excluding steroid dienone is 2. The van der Waals surface area contributed by atoms with Crippen LogP contribution in [0.1, 0.15) is 11.1 Å². The van der Waals surface area contributed by atoms with Gasteiger partial charge in [0.05, 0.1) is 5.56 Å². The molecule has 6 heteroatoms. The third kappa shape index (κ3) is 4.04. The Kier molecular flexibility index (Phi) is 4.56. The van der Waals surface area contributed by atoms with E-state index in [4.69, 9.17) is 0 Å². The Labute approximate surface area is 131 Å². The van der Waals surface area contributed by atoms with Crippen LogP contribution in [0.5, 0.6) is 23.0 Å². The molecular formula is C17H14O6. The number of carbonyl (C=O) groups is 1. The lowest BCUT2D eigenvalue weighted by Gasteiger charge is -2.03. The van der Waals surface area contributed by atoms with Crippen molar-refractivity contribution in [2.24, 2.45) is 0 Å². The number of ketones is 1. The van der Waals surface area contributed by atoms with Crippen LogP contribution in [0.15, 0.2) is 48.6 Å². The van der Waals surface area contributed by atoms with Gasteiger partial charge in [-0.25, -0.2) is 0 Å². The van der Waals surface area contributed by atoms with Crippen molar-refractivity contribution in [1.29, 1.82) is 0 Å². The highest BCUT2D eigenvalue weighted by atomic mass is 16.3. The van der Waals surface area contributed by atoms with Crippen LogP contribution in [0.4, 0.5) is 0 Å². The highest BCUT2D eigenvalue weighted by Gasteiger charge is 2.08. The molecule has 0 aromatic heterocycles. The minimum Gasteiger partial charge on any atom is -0.508 e. The molecule has 0 unspecified atom stereocenters. The van der Waals surface area contributed by atoms with Crippen molar-refractivity contribution in [3.63, 3.8) is 0 Å². The number of benzene rings is 2. The minimum absolute atomic E-state index is 0.00949. The Bertz CT molecular complexity index is 805. The van der Waals surface area contributed by atoms with E-state index in [0.717, 1.165) is 18.2 Å². The van der Waals surface area contributed by atoms with Crippen LogP contribution >= 0.6 is 0 Å². The van der Waals surface area contributed by atoms with E-state index in [-0.39, 0.29) is 34.1 Å².